The average molecular weight is 283 g/mol. The monoisotopic (exact) mass is 283 g/mol. The van der Waals surface area contributed by atoms with Crippen LogP contribution in [0.3, 0.4) is 0 Å². The van der Waals surface area contributed by atoms with E-state index in [1.165, 1.54) is 25.8 Å². The minimum absolute atomic E-state index is 0.0946. The highest BCUT2D eigenvalue weighted by Gasteiger charge is 2.35. The Labute approximate surface area is 126 Å². The summed E-state index contributed by atoms with van der Waals surface area (Å²) in [5.74, 6) is 0.0946. The van der Waals surface area contributed by atoms with Crippen molar-refractivity contribution in [3.63, 3.8) is 0 Å². The number of rotatable bonds is 1. The van der Waals surface area contributed by atoms with Gasteiger partial charge in [0.25, 0.3) is 5.91 Å². The molecule has 0 aromatic heterocycles. The third kappa shape index (κ3) is 2.79. The number of benzene rings is 1. The van der Waals surface area contributed by atoms with E-state index in [1.807, 2.05) is 4.90 Å². The van der Waals surface area contributed by atoms with Gasteiger partial charge in [-0.25, -0.2) is 0 Å². The van der Waals surface area contributed by atoms with E-state index in [0.717, 1.165) is 13.1 Å². The van der Waals surface area contributed by atoms with E-state index < -0.39 is 0 Å². The lowest BCUT2D eigenvalue weighted by molar-refractivity contribution is 0.0151. The predicted octanol–water partition coefficient (Wildman–Crippen LogP) is 2.26. The summed E-state index contributed by atoms with van der Waals surface area (Å²) >= 11 is 0. The number of hydrogen-bond acceptors (Lipinski definition) is 3. The first-order valence-electron chi connectivity index (χ1n) is 7.74. The summed E-state index contributed by atoms with van der Waals surface area (Å²) in [4.78, 5) is 17.3. The van der Waals surface area contributed by atoms with Gasteiger partial charge < -0.3 is 4.90 Å². The highest BCUT2D eigenvalue weighted by Crippen LogP contribution is 2.25. The van der Waals surface area contributed by atoms with E-state index in [4.69, 9.17) is 5.26 Å². The molecule has 110 valence electrons. The molecule has 1 amide bonds. The average Bonchev–Trinajstić information content (AvgIpc) is 2.53. The van der Waals surface area contributed by atoms with Gasteiger partial charge in [-0.15, -0.1) is 0 Å². The maximum atomic E-state index is 12.7. The molecule has 0 N–H and O–H groups in total. The Kier molecular flexibility index (Phi) is 3.94. The summed E-state index contributed by atoms with van der Waals surface area (Å²) in [6.45, 7) is 5.12. The molecule has 2 unspecified atom stereocenters. The van der Waals surface area contributed by atoms with Crippen LogP contribution < -0.4 is 0 Å². The number of hydrogen-bond donors (Lipinski definition) is 0. The lowest BCUT2D eigenvalue weighted by Gasteiger charge is -2.47. The maximum absolute atomic E-state index is 12.7. The molecule has 4 nitrogen and oxygen atoms in total. The van der Waals surface area contributed by atoms with E-state index in [0.29, 0.717) is 17.2 Å². The van der Waals surface area contributed by atoms with Crippen LogP contribution in [0.2, 0.25) is 0 Å². The van der Waals surface area contributed by atoms with Crippen molar-refractivity contribution in [1.29, 1.82) is 5.26 Å². The molecule has 0 saturated carbocycles. The smallest absolute Gasteiger partial charge is 0.254 e. The van der Waals surface area contributed by atoms with E-state index in [9.17, 15) is 4.79 Å². The van der Waals surface area contributed by atoms with Crippen LogP contribution in [-0.2, 0) is 0 Å². The zero-order chi connectivity index (χ0) is 14.8. The van der Waals surface area contributed by atoms with E-state index in [1.54, 1.807) is 24.3 Å². The second-order valence-corrected chi connectivity index (χ2v) is 6.14. The Bertz CT molecular complexity index is 560. The zero-order valence-electron chi connectivity index (χ0n) is 12.5. The molecule has 2 heterocycles. The quantitative estimate of drug-likeness (QED) is 0.794. The Morgan fingerprint density at radius 2 is 2.00 bits per heavy atom. The van der Waals surface area contributed by atoms with Crippen LogP contribution >= 0.6 is 0 Å². The van der Waals surface area contributed by atoms with E-state index >= 15 is 0 Å². The van der Waals surface area contributed by atoms with Crippen molar-refractivity contribution < 1.29 is 4.79 Å². The molecule has 0 radical (unpaired) electrons. The summed E-state index contributed by atoms with van der Waals surface area (Å²) in [7, 11) is 0. The Morgan fingerprint density at radius 3 is 2.71 bits per heavy atom. The molecule has 3 rings (SSSR count). The van der Waals surface area contributed by atoms with Crippen molar-refractivity contribution in [1.82, 2.24) is 9.80 Å². The normalized spacial score (nSPS) is 26.0. The van der Waals surface area contributed by atoms with Crippen molar-refractivity contribution >= 4 is 5.91 Å². The van der Waals surface area contributed by atoms with Crippen molar-refractivity contribution in [3.05, 3.63) is 35.4 Å². The number of carbonyl (C=O) groups excluding carboxylic acids is 1. The molecule has 0 aliphatic carbocycles. The molecule has 2 aliphatic heterocycles. The molecule has 2 atom stereocenters. The largest absolute Gasteiger partial charge is 0.333 e. The first kappa shape index (κ1) is 14.1. The second-order valence-electron chi connectivity index (χ2n) is 6.14. The number of carbonyl (C=O) groups is 1. The first-order chi connectivity index (χ1) is 10.2. The summed E-state index contributed by atoms with van der Waals surface area (Å²) in [6, 6.07) is 9.83. The predicted molar refractivity (Wildman–Crippen MR) is 80.9 cm³/mol. The van der Waals surface area contributed by atoms with Gasteiger partial charge in [-0.05, 0) is 50.6 Å². The molecule has 2 fully saturated rings. The SMILES string of the molecule is CC1CN2CCCCC2CN1C(=O)c1ccc(C#N)cc1. The standard InChI is InChI=1S/C17H21N3O/c1-13-11-19-9-3-2-4-16(19)12-20(13)17(21)15-7-5-14(10-18)6-8-15/h5-8,13,16H,2-4,9,11-12H2,1H3. The fourth-order valence-corrected chi connectivity index (χ4v) is 3.49. The van der Waals surface area contributed by atoms with Crippen LogP contribution in [0.1, 0.15) is 42.1 Å². The van der Waals surface area contributed by atoms with Gasteiger partial charge in [0.05, 0.1) is 11.6 Å². The molecule has 1 aromatic carbocycles. The number of piperidine rings is 1. The van der Waals surface area contributed by atoms with Crippen LogP contribution in [-0.4, -0.2) is 47.4 Å². The van der Waals surface area contributed by atoms with Crippen molar-refractivity contribution in [2.75, 3.05) is 19.6 Å². The van der Waals surface area contributed by atoms with Crippen LogP contribution in [0.4, 0.5) is 0 Å². The number of piperazine rings is 1. The van der Waals surface area contributed by atoms with Gasteiger partial charge >= 0.3 is 0 Å². The zero-order valence-corrected chi connectivity index (χ0v) is 12.5. The third-order valence-corrected chi connectivity index (χ3v) is 4.71. The molecule has 0 spiro atoms. The van der Waals surface area contributed by atoms with E-state index in [2.05, 4.69) is 17.9 Å². The van der Waals surface area contributed by atoms with Gasteiger partial charge in [-0.1, -0.05) is 6.42 Å². The molecule has 2 aliphatic rings. The van der Waals surface area contributed by atoms with Gasteiger partial charge in [-0.3, -0.25) is 9.69 Å². The fraction of sp³-hybridized carbons (Fsp3) is 0.529. The van der Waals surface area contributed by atoms with Crippen LogP contribution in [0.15, 0.2) is 24.3 Å². The molecule has 21 heavy (non-hydrogen) atoms. The molecule has 4 heteroatoms. The molecular formula is C17H21N3O. The number of nitriles is 1. The minimum atomic E-state index is 0.0946. The van der Waals surface area contributed by atoms with Gasteiger partial charge in [0, 0.05) is 30.7 Å². The Hall–Kier alpha value is -1.86. The van der Waals surface area contributed by atoms with Crippen molar-refractivity contribution in [2.45, 2.75) is 38.3 Å². The minimum Gasteiger partial charge on any atom is -0.333 e. The van der Waals surface area contributed by atoms with E-state index in [-0.39, 0.29) is 11.9 Å². The molecular weight excluding hydrogens is 262 g/mol. The topological polar surface area (TPSA) is 47.3 Å². The van der Waals surface area contributed by atoms with Gasteiger partial charge in [0.15, 0.2) is 0 Å². The first-order valence-corrected chi connectivity index (χ1v) is 7.74. The molecule has 0 bridgehead atoms. The van der Waals surface area contributed by atoms with Gasteiger partial charge in [0.1, 0.15) is 0 Å². The summed E-state index contributed by atoms with van der Waals surface area (Å²) < 4.78 is 0. The number of amides is 1. The van der Waals surface area contributed by atoms with Crippen molar-refractivity contribution in [3.8, 4) is 6.07 Å². The third-order valence-electron chi connectivity index (χ3n) is 4.71. The number of fused-ring (bicyclic) bond motifs is 1. The second kappa shape index (κ2) is 5.87. The van der Waals surface area contributed by atoms with Crippen LogP contribution in [0.5, 0.6) is 0 Å². The van der Waals surface area contributed by atoms with Gasteiger partial charge in [-0.2, -0.15) is 5.26 Å². The van der Waals surface area contributed by atoms with Gasteiger partial charge in [0.2, 0.25) is 0 Å². The van der Waals surface area contributed by atoms with Crippen LogP contribution in [0.25, 0.3) is 0 Å². The molecule has 2 saturated heterocycles. The fourth-order valence-electron chi connectivity index (χ4n) is 3.49. The lowest BCUT2D eigenvalue weighted by atomic mass is 9.96. The highest BCUT2D eigenvalue weighted by atomic mass is 16.2. The Balaban J connectivity index is 1.75. The summed E-state index contributed by atoms with van der Waals surface area (Å²) in [5, 5.41) is 8.84. The molecule has 1 aromatic rings. The summed E-state index contributed by atoms with van der Waals surface area (Å²) in [6.07, 6.45) is 3.76. The number of nitrogens with zero attached hydrogens (tertiary/aromatic N) is 3. The summed E-state index contributed by atoms with van der Waals surface area (Å²) in [5.41, 5.74) is 1.28. The lowest BCUT2D eigenvalue weighted by Crippen LogP contribution is -2.60. The maximum Gasteiger partial charge on any atom is 0.254 e. The Morgan fingerprint density at radius 1 is 1.24 bits per heavy atom. The van der Waals surface area contributed by atoms with Crippen LogP contribution in [0, 0.1) is 11.3 Å². The highest BCUT2D eigenvalue weighted by molar-refractivity contribution is 5.94. The van der Waals surface area contributed by atoms with Crippen molar-refractivity contribution in [2.24, 2.45) is 0 Å².